The molecule has 0 aliphatic heterocycles. The minimum Gasteiger partial charge on any atom is -0.317 e. The fourth-order valence-electron chi connectivity index (χ4n) is 0.557. The third kappa shape index (κ3) is 7.52. The smallest absolute Gasteiger partial charge is 0.0811 e. The zero-order chi connectivity index (χ0) is 6.95. The van der Waals surface area contributed by atoms with Crippen molar-refractivity contribution in [3.05, 3.63) is 4.91 Å². The number of nitroso groups, excluding NO2 is 1. The van der Waals surface area contributed by atoms with E-state index >= 15 is 0 Å². The molecule has 0 aliphatic carbocycles. The summed E-state index contributed by atoms with van der Waals surface area (Å²) in [4.78, 5) is 9.52. The second-order valence-corrected chi connectivity index (χ2v) is 1.82. The van der Waals surface area contributed by atoms with Crippen LogP contribution in [0.25, 0.3) is 0 Å². The first kappa shape index (κ1) is 8.52. The lowest BCUT2D eigenvalue weighted by Crippen LogP contribution is -2.08. The molecule has 0 fully saturated rings. The van der Waals surface area contributed by atoms with E-state index in [1.54, 1.807) is 0 Å². The molecule has 2 N–H and O–H groups in total. The van der Waals surface area contributed by atoms with Crippen LogP contribution in [0.2, 0.25) is 0 Å². The Balaban J connectivity index is 2.66. The van der Waals surface area contributed by atoms with Gasteiger partial charge in [-0.2, -0.15) is 4.91 Å². The molecule has 0 aromatic heterocycles. The van der Waals surface area contributed by atoms with Crippen molar-refractivity contribution >= 4 is 0 Å². The summed E-state index contributed by atoms with van der Waals surface area (Å²) in [5, 5.41) is 10.8. The van der Waals surface area contributed by atoms with Gasteiger partial charge in [0.15, 0.2) is 0 Å². The molecule has 9 heavy (non-hydrogen) atoms. The molecule has 4 heteroatoms. The second-order valence-electron chi connectivity index (χ2n) is 1.82. The van der Waals surface area contributed by atoms with E-state index in [4.69, 9.17) is 5.21 Å². The Morgan fingerprint density at radius 2 is 2.11 bits per heavy atom. The van der Waals surface area contributed by atoms with Gasteiger partial charge in [-0.1, -0.05) is 11.6 Å². The first-order chi connectivity index (χ1) is 4.41. The fourth-order valence-corrected chi connectivity index (χ4v) is 0.557. The average Bonchev–Trinajstić information content (AvgIpc) is 1.89. The minimum absolute atomic E-state index is 0.394. The van der Waals surface area contributed by atoms with E-state index in [0.717, 1.165) is 19.3 Å². The zero-order valence-electron chi connectivity index (χ0n) is 5.34. The lowest BCUT2D eigenvalue weighted by Gasteiger charge is -1.94. The van der Waals surface area contributed by atoms with E-state index in [-0.39, 0.29) is 0 Å². The molecule has 0 rings (SSSR count). The van der Waals surface area contributed by atoms with Gasteiger partial charge < -0.3 is 5.21 Å². The molecule has 4 nitrogen and oxygen atoms in total. The van der Waals surface area contributed by atoms with Crippen LogP contribution in [0, 0.1) is 4.91 Å². The van der Waals surface area contributed by atoms with Crippen molar-refractivity contribution in [3.63, 3.8) is 0 Å². The number of nitrogens with one attached hydrogen (secondary N) is 1. The molecule has 0 aliphatic rings. The van der Waals surface area contributed by atoms with E-state index in [9.17, 15) is 4.91 Å². The highest BCUT2D eigenvalue weighted by molar-refractivity contribution is 4.45. The van der Waals surface area contributed by atoms with Crippen LogP contribution in [0.3, 0.4) is 0 Å². The first-order valence-electron chi connectivity index (χ1n) is 3.08. The van der Waals surface area contributed by atoms with Gasteiger partial charge >= 0.3 is 0 Å². The molecule has 0 unspecified atom stereocenters. The number of hydrogen-bond donors (Lipinski definition) is 2. The standard InChI is InChI=1S/C5H12N2O2/c8-6-4-2-1-3-5-7-9/h6,8H,1-5H2. The third-order valence-corrected chi connectivity index (χ3v) is 1.04. The van der Waals surface area contributed by atoms with Crippen molar-refractivity contribution in [1.82, 2.24) is 5.48 Å². The summed E-state index contributed by atoms with van der Waals surface area (Å²) < 4.78 is 0. The van der Waals surface area contributed by atoms with Gasteiger partial charge in [-0.05, 0) is 12.8 Å². The lowest BCUT2D eigenvalue weighted by molar-refractivity contribution is 0.165. The first-order valence-corrected chi connectivity index (χ1v) is 3.08. The van der Waals surface area contributed by atoms with Gasteiger partial charge in [0.1, 0.15) is 0 Å². The summed E-state index contributed by atoms with van der Waals surface area (Å²) >= 11 is 0. The van der Waals surface area contributed by atoms with E-state index in [0.29, 0.717) is 13.1 Å². The quantitative estimate of drug-likeness (QED) is 0.320. The topological polar surface area (TPSA) is 61.7 Å². The molecule has 0 heterocycles. The summed E-state index contributed by atoms with van der Waals surface area (Å²) in [7, 11) is 0. The maximum absolute atomic E-state index is 9.52. The predicted octanol–water partition coefficient (Wildman–Crippen LogP) is 0.902. The van der Waals surface area contributed by atoms with E-state index < -0.39 is 0 Å². The van der Waals surface area contributed by atoms with E-state index in [1.165, 1.54) is 0 Å². The van der Waals surface area contributed by atoms with Crippen LogP contribution >= 0.6 is 0 Å². The molecule has 0 bridgehead atoms. The molecule has 0 aromatic carbocycles. The van der Waals surface area contributed by atoms with Gasteiger partial charge in [0.25, 0.3) is 0 Å². The number of hydrogen-bond acceptors (Lipinski definition) is 4. The highest BCUT2D eigenvalue weighted by Gasteiger charge is 1.86. The largest absolute Gasteiger partial charge is 0.317 e. The molecule has 0 aromatic rings. The molecule has 0 amide bonds. The van der Waals surface area contributed by atoms with E-state index in [2.05, 4.69) is 5.18 Å². The van der Waals surface area contributed by atoms with Crippen LogP contribution in [0.4, 0.5) is 0 Å². The molecule has 0 atom stereocenters. The minimum atomic E-state index is 0.394. The summed E-state index contributed by atoms with van der Waals surface area (Å²) in [6, 6.07) is 0. The molecule has 0 saturated carbocycles. The molecule has 0 radical (unpaired) electrons. The van der Waals surface area contributed by atoms with Crippen LogP contribution < -0.4 is 5.48 Å². The third-order valence-electron chi connectivity index (χ3n) is 1.04. The molecule has 54 valence electrons. The normalized spacial score (nSPS) is 9.44. The Kier molecular flexibility index (Phi) is 7.12. The number of unbranched alkanes of at least 4 members (excludes halogenated alkanes) is 2. The van der Waals surface area contributed by atoms with Crippen LogP contribution in [0.15, 0.2) is 5.18 Å². The average molecular weight is 132 g/mol. The summed E-state index contributed by atoms with van der Waals surface area (Å²) in [5.41, 5.74) is 2.04. The SMILES string of the molecule is O=NCCCCCNO. The van der Waals surface area contributed by atoms with Crippen LogP contribution in [-0.4, -0.2) is 18.3 Å². The molecular formula is C5H12N2O2. The van der Waals surface area contributed by atoms with Crippen molar-refractivity contribution in [2.45, 2.75) is 19.3 Å². The maximum atomic E-state index is 9.52. The zero-order valence-corrected chi connectivity index (χ0v) is 5.34. The van der Waals surface area contributed by atoms with Gasteiger partial charge in [-0.3, -0.25) is 0 Å². The van der Waals surface area contributed by atoms with Crippen molar-refractivity contribution in [2.24, 2.45) is 5.18 Å². The van der Waals surface area contributed by atoms with Crippen LogP contribution in [0.5, 0.6) is 0 Å². The van der Waals surface area contributed by atoms with E-state index in [1.807, 2.05) is 5.48 Å². The van der Waals surface area contributed by atoms with Crippen molar-refractivity contribution < 1.29 is 5.21 Å². The Morgan fingerprint density at radius 1 is 1.33 bits per heavy atom. The molecule has 0 saturated heterocycles. The van der Waals surface area contributed by atoms with Crippen LogP contribution in [0.1, 0.15) is 19.3 Å². The summed E-state index contributed by atoms with van der Waals surface area (Å²) in [6.45, 7) is 0.990. The maximum Gasteiger partial charge on any atom is 0.0811 e. The Morgan fingerprint density at radius 3 is 2.67 bits per heavy atom. The van der Waals surface area contributed by atoms with Gasteiger partial charge in [-0.25, -0.2) is 5.48 Å². The highest BCUT2D eigenvalue weighted by Crippen LogP contribution is 1.92. The Labute approximate surface area is 54.2 Å². The number of nitrogens with zero attached hydrogens (tertiary/aromatic N) is 1. The Bertz CT molecular complexity index is 68.0. The van der Waals surface area contributed by atoms with Gasteiger partial charge in [0, 0.05) is 6.54 Å². The predicted molar refractivity (Wildman–Crippen MR) is 34.3 cm³/mol. The Hall–Kier alpha value is -0.480. The lowest BCUT2D eigenvalue weighted by atomic mass is 10.2. The molecular weight excluding hydrogens is 120 g/mol. The van der Waals surface area contributed by atoms with Crippen LogP contribution in [-0.2, 0) is 0 Å². The van der Waals surface area contributed by atoms with Gasteiger partial charge in [0.2, 0.25) is 0 Å². The summed E-state index contributed by atoms with van der Waals surface area (Å²) in [6.07, 6.45) is 2.66. The second kappa shape index (κ2) is 7.52. The fraction of sp³-hybridized carbons (Fsp3) is 1.00. The number of rotatable bonds is 6. The monoisotopic (exact) mass is 132 g/mol. The van der Waals surface area contributed by atoms with Crippen molar-refractivity contribution in [1.29, 1.82) is 0 Å². The summed E-state index contributed by atoms with van der Waals surface area (Å²) in [5.74, 6) is 0. The molecule has 0 spiro atoms. The van der Waals surface area contributed by atoms with Gasteiger partial charge in [-0.15, -0.1) is 0 Å². The highest BCUT2D eigenvalue weighted by atomic mass is 16.5. The van der Waals surface area contributed by atoms with Crippen molar-refractivity contribution in [3.8, 4) is 0 Å². The van der Waals surface area contributed by atoms with Gasteiger partial charge in [0.05, 0.1) is 6.54 Å². The van der Waals surface area contributed by atoms with Crippen molar-refractivity contribution in [2.75, 3.05) is 13.1 Å². The number of hydroxylamine groups is 1.